The molecule has 0 bridgehead atoms. The zero-order valence-corrected chi connectivity index (χ0v) is 20.2. The average Bonchev–Trinajstić information content (AvgIpc) is 2.84. The molecule has 182 valence electrons. The third kappa shape index (κ3) is 6.50. The van der Waals surface area contributed by atoms with Gasteiger partial charge in [0.2, 0.25) is 11.8 Å². The lowest BCUT2D eigenvalue weighted by Gasteiger charge is -2.33. The van der Waals surface area contributed by atoms with Crippen LogP contribution in [-0.4, -0.2) is 62.0 Å². The number of amides is 3. The molecule has 2 aromatic carbocycles. The van der Waals surface area contributed by atoms with Crippen LogP contribution in [0.4, 0.5) is 0 Å². The van der Waals surface area contributed by atoms with Gasteiger partial charge in [-0.15, -0.1) is 0 Å². The van der Waals surface area contributed by atoms with Gasteiger partial charge in [-0.1, -0.05) is 29.8 Å². The van der Waals surface area contributed by atoms with Crippen LogP contribution in [0.15, 0.2) is 42.5 Å². The van der Waals surface area contributed by atoms with Gasteiger partial charge in [0, 0.05) is 38.0 Å². The van der Waals surface area contributed by atoms with Crippen LogP contribution in [0.2, 0.25) is 0 Å². The van der Waals surface area contributed by atoms with E-state index in [0.29, 0.717) is 49.4 Å². The van der Waals surface area contributed by atoms with Crippen LogP contribution in [-0.2, 0) is 16.0 Å². The van der Waals surface area contributed by atoms with Crippen molar-refractivity contribution in [2.75, 3.05) is 27.3 Å². The molecule has 34 heavy (non-hydrogen) atoms. The van der Waals surface area contributed by atoms with E-state index in [1.807, 2.05) is 31.2 Å². The Hall–Kier alpha value is -3.55. The number of rotatable bonds is 8. The zero-order valence-electron chi connectivity index (χ0n) is 20.2. The number of nitrogens with zero attached hydrogens (tertiary/aromatic N) is 1. The molecule has 3 amide bonds. The van der Waals surface area contributed by atoms with E-state index in [9.17, 15) is 14.4 Å². The summed E-state index contributed by atoms with van der Waals surface area (Å²) in [7, 11) is 3.09. The highest BCUT2D eigenvalue weighted by molar-refractivity contribution is 5.95. The lowest BCUT2D eigenvalue weighted by molar-refractivity contribution is -0.128. The minimum atomic E-state index is -0.647. The first kappa shape index (κ1) is 25.1. The van der Waals surface area contributed by atoms with E-state index in [-0.39, 0.29) is 23.8 Å². The summed E-state index contributed by atoms with van der Waals surface area (Å²) in [5.41, 5.74) is 2.65. The number of nitrogens with one attached hydrogen (secondary N) is 2. The fourth-order valence-corrected chi connectivity index (χ4v) is 4.10. The Labute approximate surface area is 200 Å². The molecule has 1 fully saturated rings. The Morgan fingerprint density at radius 3 is 2.24 bits per heavy atom. The Kier molecular flexibility index (Phi) is 8.51. The van der Waals surface area contributed by atoms with Gasteiger partial charge in [0.15, 0.2) is 11.5 Å². The maximum Gasteiger partial charge on any atom is 0.253 e. The van der Waals surface area contributed by atoms with Crippen LogP contribution in [0.5, 0.6) is 11.5 Å². The molecular formula is C26H33N3O5. The first-order valence-corrected chi connectivity index (χ1v) is 11.4. The van der Waals surface area contributed by atoms with Crippen molar-refractivity contribution in [3.8, 4) is 11.5 Å². The van der Waals surface area contributed by atoms with Crippen molar-refractivity contribution in [1.82, 2.24) is 15.5 Å². The van der Waals surface area contributed by atoms with Gasteiger partial charge in [-0.3, -0.25) is 14.4 Å². The van der Waals surface area contributed by atoms with E-state index in [4.69, 9.17) is 9.47 Å². The number of hydrogen-bond donors (Lipinski definition) is 2. The molecule has 2 aromatic rings. The average molecular weight is 468 g/mol. The first-order chi connectivity index (χ1) is 16.3. The monoisotopic (exact) mass is 467 g/mol. The van der Waals surface area contributed by atoms with Gasteiger partial charge in [0.1, 0.15) is 6.04 Å². The summed E-state index contributed by atoms with van der Waals surface area (Å²) >= 11 is 0. The lowest BCUT2D eigenvalue weighted by Crippen LogP contribution is -2.53. The second-order valence-corrected chi connectivity index (χ2v) is 8.59. The molecule has 0 aromatic heterocycles. The summed E-state index contributed by atoms with van der Waals surface area (Å²) in [4.78, 5) is 39.4. The van der Waals surface area contributed by atoms with E-state index < -0.39 is 6.04 Å². The molecule has 1 heterocycles. The lowest BCUT2D eigenvalue weighted by atomic mass is 10.0. The minimum Gasteiger partial charge on any atom is -0.493 e. The van der Waals surface area contributed by atoms with Crippen LogP contribution in [0.3, 0.4) is 0 Å². The van der Waals surface area contributed by atoms with Crippen molar-refractivity contribution < 1.29 is 23.9 Å². The molecule has 0 aliphatic carbocycles. The Balaban J connectivity index is 1.57. The highest BCUT2D eigenvalue weighted by Crippen LogP contribution is 2.28. The van der Waals surface area contributed by atoms with Gasteiger partial charge < -0.3 is 25.0 Å². The highest BCUT2D eigenvalue weighted by atomic mass is 16.5. The van der Waals surface area contributed by atoms with Crippen molar-refractivity contribution in [2.45, 2.75) is 45.2 Å². The van der Waals surface area contributed by atoms with Crippen LogP contribution in [0.25, 0.3) is 0 Å². The predicted octanol–water partition coefficient (Wildman–Crippen LogP) is 2.48. The number of ether oxygens (including phenoxy) is 2. The molecule has 1 aliphatic heterocycles. The number of methoxy groups -OCH3 is 2. The molecule has 0 spiro atoms. The van der Waals surface area contributed by atoms with Crippen molar-refractivity contribution >= 4 is 17.7 Å². The summed E-state index contributed by atoms with van der Waals surface area (Å²) in [6.45, 7) is 4.47. The van der Waals surface area contributed by atoms with Crippen molar-refractivity contribution in [3.63, 3.8) is 0 Å². The summed E-state index contributed by atoms with van der Waals surface area (Å²) in [5.74, 6) is 0.539. The third-order valence-electron chi connectivity index (χ3n) is 6.01. The second kappa shape index (κ2) is 11.5. The number of carbonyl (C=O) groups excluding carboxylic acids is 3. The number of piperidine rings is 1. The van der Waals surface area contributed by atoms with Gasteiger partial charge in [-0.2, -0.15) is 0 Å². The van der Waals surface area contributed by atoms with E-state index in [0.717, 1.165) is 11.1 Å². The van der Waals surface area contributed by atoms with E-state index >= 15 is 0 Å². The van der Waals surface area contributed by atoms with Gasteiger partial charge in [0.25, 0.3) is 5.91 Å². The fourth-order valence-electron chi connectivity index (χ4n) is 4.10. The molecule has 0 saturated carbocycles. The molecule has 3 rings (SSSR count). The normalized spacial score (nSPS) is 14.8. The largest absolute Gasteiger partial charge is 0.493 e. The number of benzene rings is 2. The van der Waals surface area contributed by atoms with Crippen LogP contribution in [0.1, 0.15) is 41.3 Å². The molecule has 8 heteroatoms. The topological polar surface area (TPSA) is 97.0 Å². The summed E-state index contributed by atoms with van der Waals surface area (Å²) < 4.78 is 10.5. The second-order valence-electron chi connectivity index (χ2n) is 8.59. The van der Waals surface area contributed by atoms with Gasteiger partial charge in [0.05, 0.1) is 14.2 Å². The number of carbonyl (C=O) groups is 3. The van der Waals surface area contributed by atoms with Crippen molar-refractivity contribution in [2.24, 2.45) is 0 Å². The Morgan fingerprint density at radius 2 is 1.65 bits per heavy atom. The quantitative estimate of drug-likeness (QED) is 0.622. The number of hydrogen-bond acceptors (Lipinski definition) is 5. The zero-order chi connectivity index (χ0) is 24.7. The maximum atomic E-state index is 13.0. The van der Waals surface area contributed by atoms with E-state index in [2.05, 4.69) is 10.6 Å². The summed E-state index contributed by atoms with van der Waals surface area (Å²) in [6.07, 6.45) is 1.70. The fraction of sp³-hybridized carbons (Fsp3) is 0.423. The number of likely N-dealkylation sites (tertiary alicyclic amines) is 1. The van der Waals surface area contributed by atoms with Gasteiger partial charge in [-0.05, 0) is 43.5 Å². The predicted molar refractivity (Wildman–Crippen MR) is 129 cm³/mol. The number of aryl methyl sites for hydroxylation is 1. The molecule has 1 unspecified atom stereocenters. The maximum absolute atomic E-state index is 13.0. The van der Waals surface area contributed by atoms with E-state index in [1.165, 1.54) is 14.0 Å². The van der Waals surface area contributed by atoms with Crippen LogP contribution in [0, 0.1) is 6.92 Å². The molecule has 1 atom stereocenters. The molecule has 1 aliphatic rings. The molecule has 1 saturated heterocycles. The minimum absolute atomic E-state index is 0.0590. The standard InChI is InChI=1S/C26H33N3O5/c1-17-5-7-19(8-6-17)15-22(27-18(2)30)25(31)28-21-11-13-29(14-12-21)26(32)20-9-10-23(33-3)24(16-20)34-4/h5-10,16,21-22H,11-15H2,1-4H3,(H,27,30)(H,28,31). The Morgan fingerprint density at radius 1 is 1.00 bits per heavy atom. The SMILES string of the molecule is COc1ccc(C(=O)N2CCC(NC(=O)C(Cc3ccc(C)cc3)NC(C)=O)CC2)cc1OC. The molecule has 8 nitrogen and oxygen atoms in total. The molecule has 2 N–H and O–H groups in total. The smallest absolute Gasteiger partial charge is 0.253 e. The van der Waals surface area contributed by atoms with Crippen molar-refractivity contribution in [1.29, 1.82) is 0 Å². The molecular weight excluding hydrogens is 434 g/mol. The summed E-state index contributed by atoms with van der Waals surface area (Å²) in [5, 5.41) is 5.82. The van der Waals surface area contributed by atoms with Crippen molar-refractivity contribution in [3.05, 3.63) is 59.2 Å². The molecule has 0 radical (unpaired) electrons. The Bertz CT molecular complexity index is 1010. The van der Waals surface area contributed by atoms with Crippen LogP contribution < -0.4 is 20.1 Å². The van der Waals surface area contributed by atoms with Gasteiger partial charge in [-0.25, -0.2) is 0 Å². The van der Waals surface area contributed by atoms with Gasteiger partial charge >= 0.3 is 0 Å². The highest BCUT2D eigenvalue weighted by Gasteiger charge is 2.28. The first-order valence-electron chi connectivity index (χ1n) is 11.4. The summed E-state index contributed by atoms with van der Waals surface area (Å²) in [6, 6.07) is 12.3. The third-order valence-corrected chi connectivity index (χ3v) is 6.01. The van der Waals surface area contributed by atoms with E-state index in [1.54, 1.807) is 30.2 Å². The van der Waals surface area contributed by atoms with Crippen LogP contribution >= 0.6 is 0 Å².